The first kappa shape index (κ1) is 13.7. The fraction of sp³-hybridized carbons (Fsp3) is 0.333. The van der Waals surface area contributed by atoms with E-state index in [0.29, 0.717) is 11.3 Å². The Balaban J connectivity index is 2.02. The van der Waals surface area contributed by atoms with Gasteiger partial charge in [-0.3, -0.25) is 9.59 Å². The van der Waals surface area contributed by atoms with Gasteiger partial charge in [-0.05, 0) is 23.7 Å². The highest BCUT2D eigenvalue weighted by Gasteiger charge is 2.39. The highest BCUT2D eigenvalue weighted by molar-refractivity contribution is 6.00. The van der Waals surface area contributed by atoms with Crippen LogP contribution >= 0.6 is 0 Å². The number of carbonyl (C=O) groups is 2. The first-order valence-corrected chi connectivity index (χ1v) is 5.92. The Morgan fingerprint density at radius 1 is 1.60 bits per heavy atom. The van der Waals surface area contributed by atoms with Gasteiger partial charge in [-0.25, -0.2) is 0 Å². The van der Waals surface area contributed by atoms with Crippen LogP contribution in [0, 0.1) is 0 Å². The second kappa shape index (κ2) is 5.94. The molecule has 20 heavy (non-hydrogen) atoms. The quantitative estimate of drug-likeness (QED) is 0.354. The van der Waals surface area contributed by atoms with Gasteiger partial charge in [0.1, 0.15) is 11.8 Å². The number of amides is 2. The number of β-lactam (4-membered cyclic amide) rings is 1. The van der Waals surface area contributed by atoms with E-state index in [4.69, 9.17) is 10.3 Å². The molecule has 1 aliphatic rings. The highest BCUT2D eigenvalue weighted by Crippen LogP contribution is 2.14. The van der Waals surface area contributed by atoms with Crippen LogP contribution in [0.1, 0.15) is 10.4 Å². The maximum atomic E-state index is 12.0. The molecule has 1 saturated heterocycles. The van der Waals surface area contributed by atoms with Crippen molar-refractivity contribution in [3.8, 4) is 5.75 Å². The number of hydrogen-bond acceptors (Lipinski definition) is 4. The molecule has 2 unspecified atom stereocenters. The van der Waals surface area contributed by atoms with E-state index in [2.05, 4.69) is 20.7 Å². The topological polar surface area (TPSA) is 116 Å². The molecular weight excluding hydrogens is 262 g/mol. The molecule has 1 fully saturated rings. The van der Waals surface area contributed by atoms with E-state index in [-0.39, 0.29) is 24.4 Å². The Morgan fingerprint density at radius 2 is 2.40 bits per heavy atom. The van der Waals surface area contributed by atoms with Crippen LogP contribution in [0.5, 0.6) is 5.75 Å². The number of methoxy groups -OCH3 is 1. The highest BCUT2D eigenvalue weighted by atomic mass is 16.5. The summed E-state index contributed by atoms with van der Waals surface area (Å²) in [6.45, 7) is 0.102. The molecule has 2 atom stereocenters. The summed E-state index contributed by atoms with van der Waals surface area (Å²) in [5.41, 5.74) is 8.64. The Morgan fingerprint density at radius 3 is 3.05 bits per heavy atom. The molecule has 1 aromatic carbocycles. The van der Waals surface area contributed by atoms with Crippen molar-refractivity contribution < 1.29 is 14.3 Å². The molecule has 0 spiro atoms. The van der Waals surface area contributed by atoms with Gasteiger partial charge in [-0.15, -0.1) is 0 Å². The molecule has 0 radical (unpaired) electrons. The van der Waals surface area contributed by atoms with Crippen molar-refractivity contribution in [1.29, 1.82) is 0 Å². The molecule has 2 rings (SSSR count). The summed E-state index contributed by atoms with van der Waals surface area (Å²) >= 11 is 0. The van der Waals surface area contributed by atoms with Crippen molar-refractivity contribution in [2.75, 3.05) is 13.7 Å². The number of nitrogens with zero attached hydrogens (tertiary/aromatic N) is 3. The maximum absolute atomic E-state index is 12.0. The lowest BCUT2D eigenvalue weighted by atomic mass is 9.98. The molecule has 8 nitrogen and oxygen atoms in total. The van der Waals surface area contributed by atoms with Crippen molar-refractivity contribution in [1.82, 2.24) is 10.6 Å². The predicted octanol–water partition coefficient (Wildman–Crippen LogP) is 0.602. The first-order chi connectivity index (χ1) is 9.65. The third-order valence-corrected chi connectivity index (χ3v) is 2.97. The lowest BCUT2D eigenvalue weighted by molar-refractivity contribution is -0.131. The van der Waals surface area contributed by atoms with Crippen LogP contribution in [-0.2, 0) is 4.79 Å². The lowest BCUT2D eigenvalue weighted by Crippen LogP contribution is -2.70. The maximum Gasteiger partial charge on any atom is 0.252 e. The average molecular weight is 275 g/mol. The summed E-state index contributed by atoms with van der Waals surface area (Å²) in [5, 5.41) is 8.55. The van der Waals surface area contributed by atoms with E-state index in [1.54, 1.807) is 24.3 Å². The molecule has 0 aromatic heterocycles. The van der Waals surface area contributed by atoms with Crippen molar-refractivity contribution >= 4 is 11.8 Å². The average Bonchev–Trinajstić information content (AvgIpc) is 2.48. The second-order valence-corrected chi connectivity index (χ2v) is 4.21. The monoisotopic (exact) mass is 275 g/mol. The number of nitrogens with one attached hydrogen (secondary N) is 2. The number of rotatable bonds is 5. The summed E-state index contributed by atoms with van der Waals surface area (Å²) in [7, 11) is 1.51. The summed E-state index contributed by atoms with van der Waals surface area (Å²) in [4.78, 5) is 26.1. The minimum Gasteiger partial charge on any atom is -0.497 e. The summed E-state index contributed by atoms with van der Waals surface area (Å²) in [6, 6.07) is 5.56. The van der Waals surface area contributed by atoms with E-state index in [1.165, 1.54) is 7.11 Å². The van der Waals surface area contributed by atoms with Gasteiger partial charge in [0.15, 0.2) is 0 Å². The molecule has 1 aliphatic heterocycles. The van der Waals surface area contributed by atoms with Crippen LogP contribution in [0.25, 0.3) is 10.4 Å². The van der Waals surface area contributed by atoms with Gasteiger partial charge >= 0.3 is 0 Å². The van der Waals surface area contributed by atoms with Crippen LogP contribution in [0.3, 0.4) is 0 Å². The number of benzene rings is 1. The molecule has 2 N–H and O–H groups in total. The fourth-order valence-electron chi connectivity index (χ4n) is 1.87. The third kappa shape index (κ3) is 2.81. The minimum atomic E-state index is -0.681. The SMILES string of the molecule is COc1cccc(C(=O)NC2C(=O)NC2CN=[N+]=[N-])c1. The lowest BCUT2D eigenvalue weighted by Gasteiger charge is -2.36. The van der Waals surface area contributed by atoms with Crippen molar-refractivity contribution in [3.05, 3.63) is 40.3 Å². The Kier molecular flexibility index (Phi) is 4.07. The molecule has 0 bridgehead atoms. The van der Waals surface area contributed by atoms with Crippen LogP contribution in [0.2, 0.25) is 0 Å². The Labute approximate surface area is 114 Å². The van der Waals surface area contributed by atoms with E-state index in [0.717, 1.165) is 0 Å². The van der Waals surface area contributed by atoms with E-state index in [9.17, 15) is 9.59 Å². The molecule has 0 saturated carbocycles. The van der Waals surface area contributed by atoms with Gasteiger partial charge in [0.05, 0.1) is 13.2 Å². The molecule has 2 amide bonds. The molecular formula is C12H13N5O3. The number of carbonyl (C=O) groups excluding carboxylic acids is 2. The van der Waals surface area contributed by atoms with Gasteiger partial charge in [0, 0.05) is 17.0 Å². The summed E-state index contributed by atoms with van der Waals surface area (Å²) < 4.78 is 5.03. The van der Waals surface area contributed by atoms with Crippen molar-refractivity contribution in [2.24, 2.45) is 5.11 Å². The van der Waals surface area contributed by atoms with Crippen LogP contribution < -0.4 is 15.4 Å². The van der Waals surface area contributed by atoms with E-state index < -0.39 is 6.04 Å². The predicted molar refractivity (Wildman–Crippen MR) is 70.2 cm³/mol. The largest absolute Gasteiger partial charge is 0.497 e. The van der Waals surface area contributed by atoms with Gasteiger partial charge in [-0.1, -0.05) is 11.2 Å². The smallest absolute Gasteiger partial charge is 0.252 e. The number of azide groups is 1. The molecule has 1 heterocycles. The van der Waals surface area contributed by atoms with E-state index in [1.807, 2.05) is 0 Å². The van der Waals surface area contributed by atoms with Crippen molar-refractivity contribution in [3.63, 3.8) is 0 Å². The Hall–Kier alpha value is -2.73. The Bertz CT molecular complexity index is 582. The summed E-state index contributed by atoms with van der Waals surface area (Å²) in [5.74, 6) is -0.115. The van der Waals surface area contributed by atoms with Crippen LogP contribution in [-0.4, -0.2) is 37.6 Å². The zero-order chi connectivity index (χ0) is 14.5. The molecule has 104 valence electrons. The first-order valence-electron chi connectivity index (χ1n) is 5.92. The van der Waals surface area contributed by atoms with Gasteiger partial charge < -0.3 is 15.4 Å². The number of ether oxygens (including phenoxy) is 1. The normalized spacial score (nSPS) is 20.1. The zero-order valence-corrected chi connectivity index (χ0v) is 10.7. The third-order valence-electron chi connectivity index (χ3n) is 2.97. The fourth-order valence-corrected chi connectivity index (χ4v) is 1.87. The molecule has 8 heteroatoms. The van der Waals surface area contributed by atoms with Crippen LogP contribution in [0.15, 0.2) is 29.4 Å². The zero-order valence-electron chi connectivity index (χ0n) is 10.7. The molecule has 1 aromatic rings. The van der Waals surface area contributed by atoms with Crippen LogP contribution in [0.4, 0.5) is 0 Å². The number of hydrogen-bond donors (Lipinski definition) is 2. The van der Waals surface area contributed by atoms with Gasteiger partial charge in [0.2, 0.25) is 5.91 Å². The minimum absolute atomic E-state index is 0.102. The molecule has 0 aliphatic carbocycles. The van der Waals surface area contributed by atoms with E-state index >= 15 is 0 Å². The van der Waals surface area contributed by atoms with Crippen molar-refractivity contribution in [2.45, 2.75) is 12.1 Å². The van der Waals surface area contributed by atoms with Gasteiger partial charge in [0.25, 0.3) is 5.91 Å². The standard InChI is InChI=1S/C12H13N5O3/c1-20-8-4-2-3-7(5-8)11(18)16-10-9(6-14-17-13)15-12(10)19/h2-5,9-10H,6H2,1H3,(H,15,19)(H,16,18). The van der Waals surface area contributed by atoms with Gasteiger partial charge in [-0.2, -0.15) is 0 Å². The second-order valence-electron chi connectivity index (χ2n) is 4.21. The summed E-state index contributed by atoms with van der Waals surface area (Å²) in [6.07, 6.45) is 0.